The Morgan fingerprint density at radius 3 is 2.77 bits per heavy atom. The van der Waals surface area contributed by atoms with Crippen molar-refractivity contribution >= 4 is 11.7 Å². The second-order valence-corrected chi connectivity index (χ2v) is 5.65. The zero-order valence-corrected chi connectivity index (χ0v) is 12.1. The Kier molecular flexibility index (Phi) is 3.67. The van der Waals surface area contributed by atoms with Crippen LogP contribution in [0.3, 0.4) is 0 Å². The number of hydrogen-bond donors (Lipinski definition) is 2. The number of aromatic amines is 1. The molecule has 118 valence electrons. The molecule has 1 aliphatic carbocycles. The zero-order chi connectivity index (χ0) is 15.7. The third-order valence-corrected chi connectivity index (χ3v) is 4.25. The molecule has 1 amide bonds. The van der Waals surface area contributed by atoms with Crippen LogP contribution >= 0.6 is 0 Å². The molecule has 0 aliphatic heterocycles. The molecule has 1 fully saturated rings. The van der Waals surface area contributed by atoms with Gasteiger partial charge in [-0.05, 0) is 12.8 Å². The van der Waals surface area contributed by atoms with Gasteiger partial charge in [-0.2, -0.15) is 5.10 Å². The molecule has 2 N–H and O–H groups in total. The molecule has 2 aromatic heterocycles. The molecule has 2 aromatic rings. The first-order chi connectivity index (χ1) is 10.5. The van der Waals surface area contributed by atoms with E-state index < -0.39 is 17.7 Å². The minimum atomic E-state index is -2.66. The number of aromatic nitrogens is 4. The number of H-pyrrole nitrogens is 1. The van der Waals surface area contributed by atoms with Crippen molar-refractivity contribution in [1.29, 1.82) is 0 Å². The van der Waals surface area contributed by atoms with E-state index in [1.54, 1.807) is 23.0 Å². The summed E-state index contributed by atoms with van der Waals surface area (Å²) in [7, 11) is 1.83. The third-order valence-electron chi connectivity index (χ3n) is 4.25. The topological polar surface area (TPSA) is 75.6 Å². The van der Waals surface area contributed by atoms with E-state index in [1.165, 1.54) is 0 Å². The lowest BCUT2D eigenvalue weighted by atomic mass is 9.85. The molecule has 6 nitrogen and oxygen atoms in total. The van der Waals surface area contributed by atoms with E-state index in [4.69, 9.17) is 0 Å². The maximum absolute atomic E-state index is 13.3. The molecule has 0 spiro atoms. The van der Waals surface area contributed by atoms with Crippen molar-refractivity contribution in [3.63, 3.8) is 0 Å². The van der Waals surface area contributed by atoms with Gasteiger partial charge in [-0.1, -0.05) is 12.8 Å². The largest absolute Gasteiger partial charge is 0.333 e. The van der Waals surface area contributed by atoms with Crippen LogP contribution in [0, 0.1) is 5.41 Å². The Hall–Kier alpha value is -2.25. The van der Waals surface area contributed by atoms with Gasteiger partial charge < -0.3 is 9.88 Å². The Morgan fingerprint density at radius 1 is 1.45 bits per heavy atom. The second kappa shape index (κ2) is 5.51. The summed E-state index contributed by atoms with van der Waals surface area (Å²) in [5, 5.41) is 9.22. The number of carbonyl (C=O) groups excluding carboxylic acids is 1. The van der Waals surface area contributed by atoms with E-state index in [1.807, 2.05) is 7.05 Å². The van der Waals surface area contributed by atoms with Crippen molar-refractivity contribution in [2.75, 3.05) is 5.32 Å². The van der Waals surface area contributed by atoms with Gasteiger partial charge in [-0.3, -0.25) is 9.89 Å². The van der Waals surface area contributed by atoms with Crippen LogP contribution in [0.4, 0.5) is 14.6 Å². The minimum absolute atomic E-state index is 0.215. The van der Waals surface area contributed by atoms with Gasteiger partial charge >= 0.3 is 0 Å². The Morgan fingerprint density at radius 2 is 2.18 bits per heavy atom. The molecule has 0 saturated heterocycles. The highest BCUT2D eigenvalue weighted by atomic mass is 19.3. The number of anilines is 1. The predicted octanol–water partition coefficient (Wildman–Crippen LogP) is 2.57. The summed E-state index contributed by atoms with van der Waals surface area (Å²) in [6.45, 7) is 0. The molecule has 2 heterocycles. The summed E-state index contributed by atoms with van der Waals surface area (Å²) >= 11 is 0. The first-order valence-corrected chi connectivity index (χ1v) is 7.16. The SMILES string of the molecule is Cn1ccnc1-c1cc(NC(=O)C2(C(F)F)CCCC2)n[nH]1. The van der Waals surface area contributed by atoms with Gasteiger partial charge in [-0.15, -0.1) is 0 Å². The number of nitrogens with zero attached hydrogens (tertiary/aromatic N) is 3. The number of amides is 1. The molecule has 0 atom stereocenters. The first-order valence-electron chi connectivity index (χ1n) is 7.16. The van der Waals surface area contributed by atoms with Crippen LogP contribution in [0.1, 0.15) is 25.7 Å². The molecule has 0 unspecified atom stereocenters. The normalized spacial score (nSPS) is 17.1. The summed E-state index contributed by atoms with van der Waals surface area (Å²) in [6, 6.07) is 1.59. The standard InChI is InChI=1S/C14H17F2N5O/c1-21-7-6-17-11(21)9-8-10(20-19-9)18-13(22)14(12(15)16)4-2-3-5-14/h6-8,12H,2-5H2,1H3,(H2,18,19,20,22). The van der Waals surface area contributed by atoms with Crippen molar-refractivity contribution in [2.24, 2.45) is 12.5 Å². The van der Waals surface area contributed by atoms with E-state index in [2.05, 4.69) is 20.5 Å². The Labute approximate surface area is 125 Å². The molecule has 1 saturated carbocycles. The second-order valence-electron chi connectivity index (χ2n) is 5.65. The van der Waals surface area contributed by atoms with Crippen LogP contribution in [0.15, 0.2) is 18.5 Å². The zero-order valence-electron chi connectivity index (χ0n) is 12.1. The van der Waals surface area contributed by atoms with E-state index in [9.17, 15) is 13.6 Å². The van der Waals surface area contributed by atoms with Crippen LogP contribution in [0.2, 0.25) is 0 Å². The molecule has 22 heavy (non-hydrogen) atoms. The minimum Gasteiger partial charge on any atom is -0.333 e. The van der Waals surface area contributed by atoms with Crippen LogP contribution in [0.5, 0.6) is 0 Å². The van der Waals surface area contributed by atoms with Crippen LogP contribution < -0.4 is 5.32 Å². The monoisotopic (exact) mass is 309 g/mol. The number of alkyl halides is 2. The molecule has 1 aliphatic rings. The highest BCUT2D eigenvalue weighted by Gasteiger charge is 2.49. The fourth-order valence-electron chi connectivity index (χ4n) is 2.92. The average Bonchev–Trinajstić information content (AvgIpc) is 3.18. The van der Waals surface area contributed by atoms with E-state index in [0.29, 0.717) is 24.4 Å². The molecule has 3 rings (SSSR count). The van der Waals surface area contributed by atoms with Gasteiger partial charge in [0.05, 0.1) is 0 Å². The quantitative estimate of drug-likeness (QED) is 0.911. The molecular weight excluding hydrogens is 292 g/mol. The molecular formula is C14H17F2N5O. The van der Waals surface area contributed by atoms with E-state index in [-0.39, 0.29) is 18.7 Å². The molecule has 8 heteroatoms. The highest BCUT2D eigenvalue weighted by molar-refractivity contribution is 5.95. The summed E-state index contributed by atoms with van der Waals surface area (Å²) in [5.74, 6) is 0.227. The van der Waals surface area contributed by atoms with E-state index >= 15 is 0 Å². The van der Waals surface area contributed by atoms with Gasteiger partial charge in [-0.25, -0.2) is 13.8 Å². The fourth-order valence-corrected chi connectivity index (χ4v) is 2.92. The number of hydrogen-bond acceptors (Lipinski definition) is 3. The summed E-state index contributed by atoms with van der Waals surface area (Å²) in [5.41, 5.74) is -0.970. The maximum Gasteiger partial charge on any atom is 0.252 e. The van der Waals surface area contributed by atoms with Crippen molar-refractivity contribution in [1.82, 2.24) is 19.7 Å². The molecule has 0 bridgehead atoms. The Bertz CT molecular complexity index is 672. The maximum atomic E-state index is 13.3. The smallest absolute Gasteiger partial charge is 0.252 e. The Balaban J connectivity index is 1.78. The number of aryl methyl sites for hydroxylation is 1. The average molecular weight is 309 g/mol. The summed E-state index contributed by atoms with van der Waals surface area (Å²) in [6.07, 6.45) is 2.48. The van der Waals surface area contributed by atoms with Crippen molar-refractivity contribution in [3.05, 3.63) is 18.5 Å². The van der Waals surface area contributed by atoms with Gasteiger partial charge in [0, 0.05) is 25.5 Å². The van der Waals surface area contributed by atoms with Gasteiger partial charge in [0.1, 0.15) is 11.1 Å². The van der Waals surface area contributed by atoms with Crippen LogP contribution in [-0.4, -0.2) is 32.1 Å². The van der Waals surface area contributed by atoms with Crippen LogP contribution in [0.25, 0.3) is 11.5 Å². The van der Waals surface area contributed by atoms with Gasteiger partial charge in [0.15, 0.2) is 11.6 Å². The number of halogens is 2. The number of nitrogens with one attached hydrogen (secondary N) is 2. The number of imidazole rings is 1. The van der Waals surface area contributed by atoms with Crippen molar-refractivity contribution < 1.29 is 13.6 Å². The third kappa shape index (κ3) is 2.38. The van der Waals surface area contributed by atoms with Crippen LogP contribution in [-0.2, 0) is 11.8 Å². The fraction of sp³-hybridized carbons (Fsp3) is 0.500. The van der Waals surface area contributed by atoms with E-state index in [0.717, 1.165) is 0 Å². The van der Waals surface area contributed by atoms with Crippen molar-refractivity contribution in [3.8, 4) is 11.5 Å². The number of carbonyl (C=O) groups is 1. The lowest BCUT2D eigenvalue weighted by Gasteiger charge is -2.25. The lowest BCUT2D eigenvalue weighted by molar-refractivity contribution is -0.134. The van der Waals surface area contributed by atoms with Gasteiger partial charge in [0.2, 0.25) is 5.91 Å². The molecule has 0 radical (unpaired) electrons. The summed E-state index contributed by atoms with van der Waals surface area (Å²) in [4.78, 5) is 16.4. The van der Waals surface area contributed by atoms with Gasteiger partial charge in [0.25, 0.3) is 6.43 Å². The first kappa shape index (κ1) is 14.7. The number of rotatable bonds is 4. The summed E-state index contributed by atoms with van der Waals surface area (Å²) < 4.78 is 28.4. The highest BCUT2D eigenvalue weighted by Crippen LogP contribution is 2.44. The lowest BCUT2D eigenvalue weighted by Crippen LogP contribution is -2.40. The van der Waals surface area contributed by atoms with Crippen molar-refractivity contribution in [2.45, 2.75) is 32.1 Å². The molecule has 0 aromatic carbocycles. The predicted molar refractivity (Wildman–Crippen MR) is 76.3 cm³/mol.